The first-order valence-corrected chi connectivity index (χ1v) is 6.79. The van der Waals surface area contributed by atoms with Crippen molar-refractivity contribution in [2.45, 2.75) is 19.3 Å². The first-order chi connectivity index (χ1) is 8.20. The van der Waals surface area contributed by atoms with Crippen LogP contribution in [0.4, 0.5) is 5.69 Å². The summed E-state index contributed by atoms with van der Waals surface area (Å²) >= 11 is 0. The summed E-state index contributed by atoms with van der Waals surface area (Å²) in [5.74, 6) is 0. The molecule has 1 fully saturated rings. The lowest BCUT2D eigenvalue weighted by atomic mass is 10.1. The van der Waals surface area contributed by atoms with E-state index in [0.29, 0.717) is 0 Å². The highest BCUT2D eigenvalue weighted by Gasteiger charge is 2.24. The Hall–Kier alpha value is -0.540. The molecule has 0 bridgehead atoms. The third kappa shape index (κ3) is 4.29. The summed E-state index contributed by atoms with van der Waals surface area (Å²) in [5.41, 5.74) is 1.33. The second-order valence-corrected chi connectivity index (χ2v) is 5.61. The van der Waals surface area contributed by atoms with Gasteiger partial charge < -0.3 is 26.4 Å². The van der Waals surface area contributed by atoms with Crippen molar-refractivity contribution < 1.29 is 21.5 Å². The lowest BCUT2D eigenvalue weighted by Gasteiger charge is -2.39. The van der Waals surface area contributed by atoms with Crippen LogP contribution in [0.15, 0.2) is 30.3 Å². The lowest BCUT2D eigenvalue weighted by molar-refractivity contribution is -0.912. The molecule has 0 saturated carbocycles. The highest BCUT2D eigenvalue weighted by Crippen LogP contribution is 2.17. The van der Waals surface area contributed by atoms with E-state index in [9.17, 15) is 0 Å². The molecule has 1 aromatic rings. The molecule has 1 aliphatic heterocycles. The molecule has 2 rings (SSSR count). The minimum absolute atomic E-state index is 0. The van der Waals surface area contributed by atoms with Gasteiger partial charge >= 0.3 is 0 Å². The van der Waals surface area contributed by atoms with Crippen molar-refractivity contribution in [3.63, 3.8) is 0 Å². The summed E-state index contributed by atoms with van der Waals surface area (Å²) in [4.78, 5) is 2.37. The molecule has 2 nitrogen and oxygen atoms in total. The van der Waals surface area contributed by atoms with Crippen LogP contribution in [-0.2, 0) is 0 Å². The molecule has 1 aromatic carbocycles. The Morgan fingerprint density at radius 3 is 2.28 bits per heavy atom. The Labute approximate surface area is 122 Å². The van der Waals surface area contributed by atoms with Gasteiger partial charge in [0.05, 0.1) is 33.2 Å². The molecule has 0 amide bonds. The third-order valence-corrected chi connectivity index (χ3v) is 4.07. The van der Waals surface area contributed by atoms with Crippen molar-refractivity contribution in [1.82, 2.24) is 0 Å². The summed E-state index contributed by atoms with van der Waals surface area (Å²) in [6, 6.07) is 10.7. The minimum atomic E-state index is 0. The van der Waals surface area contributed by atoms with Gasteiger partial charge in [-0.2, -0.15) is 0 Å². The third-order valence-electron chi connectivity index (χ3n) is 4.07. The van der Waals surface area contributed by atoms with Crippen LogP contribution < -0.4 is 21.9 Å². The molecule has 0 radical (unpaired) electrons. The fourth-order valence-electron chi connectivity index (χ4n) is 2.70. The summed E-state index contributed by atoms with van der Waals surface area (Å²) in [6.45, 7) is 5.15. The molecule has 1 saturated heterocycles. The van der Waals surface area contributed by atoms with Crippen molar-refractivity contribution in [3.8, 4) is 0 Å². The molecule has 0 atom stereocenters. The van der Waals surface area contributed by atoms with Crippen molar-refractivity contribution in [1.29, 1.82) is 0 Å². The molecule has 0 unspecified atom stereocenters. The fraction of sp³-hybridized carbons (Fsp3) is 0.600. The molecule has 0 aliphatic carbocycles. The zero-order chi connectivity index (χ0) is 12.1. The van der Waals surface area contributed by atoms with E-state index in [-0.39, 0.29) is 17.0 Å². The molecule has 102 valence electrons. The number of quaternary nitrogens is 1. The number of anilines is 1. The second-order valence-electron chi connectivity index (χ2n) is 5.61. The van der Waals surface area contributed by atoms with Crippen LogP contribution >= 0.6 is 0 Å². The number of likely N-dealkylation sites (N-methyl/N-ethyl adjacent to an activating group) is 2. The maximum atomic E-state index is 2.41. The number of hydrogen-bond donors (Lipinski definition) is 0. The standard InChI is InChI=1S/C15H25N2.BrH/c1-16(15-9-5-3-6-10-15)11-14-17(2)12-7-4-8-13-17;/h3,5-6,9-10H,4,7-8,11-14H2,1-2H3;1H/q+1;/p-1. The van der Waals surface area contributed by atoms with Gasteiger partial charge in [0.2, 0.25) is 0 Å². The minimum Gasteiger partial charge on any atom is -1.00 e. The molecule has 1 heterocycles. The Balaban J connectivity index is 0.00000162. The van der Waals surface area contributed by atoms with Gasteiger partial charge in [0, 0.05) is 12.7 Å². The Morgan fingerprint density at radius 1 is 1.06 bits per heavy atom. The number of likely N-dealkylation sites (tertiary alicyclic amines) is 1. The van der Waals surface area contributed by atoms with Crippen LogP contribution in [0.3, 0.4) is 0 Å². The maximum Gasteiger partial charge on any atom is 0.0962 e. The van der Waals surface area contributed by atoms with Crippen LogP contribution in [0.2, 0.25) is 0 Å². The van der Waals surface area contributed by atoms with Gasteiger partial charge in [0.15, 0.2) is 0 Å². The predicted octanol–water partition coefficient (Wildman–Crippen LogP) is -0.243. The van der Waals surface area contributed by atoms with E-state index in [4.69, 9.17) is 0 Å². The van der Waals surface area contributed by atoms with Gasteiger partial charge in [-0.15, -0.1) is 0 Å². The highest BCUT2D eigenvalue weighted by atomic mass is 79.9. The molecule has 0 spiro atoms. The Kier molecular flexibility index (Phi) is 6.16. The molecule has 0 aromatic heterocycles. The van der Waals surface area contributed by atoms with Gasteiger partial charge in [0.1, 0.15) is 0 Å². The molecular formula is C15H25BrN2. The van der Waals surface area contributed by atoms with Gasteiger partial charge in [-0.3, -0.25) is 0 Å². The summed E-state index contributed by atoms with van der Waals surface area (Å²) in [6.07, 6.45) is 4.25. The topological polar surface area (TPSA) is 3.24 Å². The molecule has 1 aliphatic rings. The monoisotopic (exact) mass is 312 g/mol. The first kappa shape index (κ1) is 15.5. The van der Waals surface area contributed by atoms with Gasteiger partial charge in [-0.1, -0.05) is 18.2 Å². The zero-order valence-electron chi connectivity index (χ0n) is 11.6. The van der Waals surface area contributed by atoms with Crippen LogP contribution in [0.5, 0.6) is 0 Å². The number of para-hydroxylation sites is 1. The van der Waals surface area contributed by atoms with Gasteiger partial charge in [-0.25, -0.2) is 0 Å². The fourth-order valence-corrected chi connectivity index (χ4v) is 2.70. The van der Waals surface area contributed by atoms with Crippen molar-refractivity contribution in [2.75, 3.05) is 45.2 Å². The Bertz CT molecular complexity index is 334. The summed E-state index contributed by atoms with van der Waals surface area (Å²) < 4.78 is 1.26. The van der Waals surface area contributed by atoms with Crippen LogP contribution in [0.1, 0.15) is 19.3 Å². The predicted molar refractivity (Wildman–Crippen MR) is 74.3 cm³/mol. The number of piperidine rings is 1. The Morgan fingerprint density at radius 2 is 1.67 bits per heavy atom. The number of nitrogens with zero attached hydrogens (tertiary/aromatic N) is 2. The van der Waals surface area contributed by atoms with Gasteiger partial charge in [-0.05, 0) is 31.4 Å². The number of benzene rings is 1. The van der Waals surface area contributed by atoms with E-state index < -0.39 is 0 Å². The van der Waals surface area contributed by atoms with E-state index in [1.54, 1.807) is 0 Å². The van der Waals surface area contributed by atoms with Crippen molar-refractivity contribution in [2.24, 2.45) is 0 Å². The zero-order valence-corrected chi connectivity index (χ0v) is 13.2. The summed E-state index contributed by atoms with van der Waals surface area (Å²) in [5, 5.41) is 0. The molecule has 3 heteroatoms. The normalized spacial score (nSPS) is 17.9. The molecular weight excluding hydrogens is 288 g/mol. The van der Waals surface area contributed by atoms with E-state index in [0.717, 1.165) is 6.54 Å². The largest absolute Gasteiger partial charge is 1.00 e. The SMILES string of the molecule is CN(CC[N+]1(C)CCCCC1)c1ccccc1.[Br-]. The number of halogens is 1. The van der Waals surface area contributed by atoms with E-state index in [2.05, 4.69) is 49.3 Å². The maximum absolute atomic E-state index is 2.41. The summed E-state index contributed by atoms with van der Waals surface area (Å²) in [7, 11) is 4.61. The lowest BCUT2D eigenvalue weighted by Crippen LogP contribution is -3.00. The van der Waals surface area contributed by atoms with Crippen LogP contribution in [-0.4, -0.2) is 44.8 Å². The average molecular weight is 313 g/mol. The van der Waals surface area contributed by atoms with E-state index in [1.165, 1.54) is 49.1 Å². The van der Waals surface area contributed by atoms with Crippen molar-refractivity contribution in [3.05, 3.63) is 30.3 Å². The van der Waals surface area contributed by atoms with E-state index >= 15 is 0 Å². The van der Waals surface area contributed by atoms with Crippen molar-refractivity contribution >= 4 is 5.69 Å². The van der Waals surface area contributed by atoms with E-state index in [1.807, 2.05) is 0 Å². The second kappa shape index (κ2) is 7.15. The smallest absolute Gasteiger partial charge is 0.0962 e. The van der Waals surface area contributed by atoms with Crippen LogP contribution in [0, 0.1) is 0 Å². The highest BCUT2D eigenvalue weighted by molar-refractivity contribution is 5.44. The van der Waals surface area contributed by atoms with Crippen LogP contribution in [0.25, 0.3) is 0 Å². The van der Waals surface area contributed by atoms with Gasteiger partial charge in [0.25, 0.3) is 0 Å². The molecule has 18 heavy (non-hydrogen) atoms. The molecule has 0 N–H and O–H groups in total. The number of rotatable bonds is 4. The average Bonchev–Trinajstić information content (AvgIpc) is 2.38. The number of hydrogen-bond acceptors (Lipinski definition) is 1. The quantitative estimate of drug-likeness (QED) is 0.694. The first-order valence-electron chi connectivity index (χ1n) is 6.79.